The number of benzene rings is 2. The Bertz CT molecular complexity index is 1270. The number of methoxy groups -OCH3 is 1. The molecule has 0 saturated carbocycles. The van der Waals surface area contributed by atoms with Crippen molar-refractivity contribution in [2.24, 2.45) is 11.8 Å². The molecule has 0 spiro atoms. The van der Waals surface area contributed by atoms with Crippen LogP contribution in [-0.2, 0) is 35.3 Å². The molecule has 2 aromatic rings. The molecule has 1 aliphatic heterocycles. The number of nitrogens with zero attached hydrogens (tertiary/aromatic N) is 1. The van der Waals surface area contributed by atoms with Crippen molar-refractivity contribution >= 4 is 29.8 Å². The van der Waals surface area contributed by atoms with Crippen molar-refractivity contribution in [3.8, 4) is 0 Å². The molecule has 1 heterocycles. The van der Waals surface area contributed by atoms with Crippen molar-refractivity contribution in [1.29, 1.82) is 0 Å². The standard InChI is InChI=1S/C32H42N4O7/c1-7-24(29(38)33-21(5)28(37)35-26(19(2)3)31(40)42-6)36-27(23-16-12-9-13-17-23)25(30(36)39)20(4)34-32(41)43-18-22-14-10-8-11-15-22/h8-17,19-21,24-27H,7,18H2,1-6H3,(H,33,38)(H,34,41)(H,35,37)/t20-,21-,24-,25-,26-,27-/m0/s1. The molecular formula is C32H42N4O7. The lowest BCUT2D eigenvalue weighted by molar-refractivity contribution is -0.168. The Balaban J connectivity index is 1.72. The number of carbonyl (C=O) groups excluding carboxylic acids is 5. The molecule has 0 bridgehead atoms. The Labute approximate surface area is 252 Å². The highest BCUT2D eigenvalue weighted by atomic mass is 16.5. The third kappa shape index (κ3) is 8.12. The van der Waals surface area contributed by atoms with Crippen molar-refractivity contribution in [1.82, 2.24) is 20.9 Å². The fraction of sp³-hybridized carbons (Fsp3) is 0.469. The summed E-state index contributed by atoms with van der Waals surface area (Å²) in [7, 11) is 1.24. The van der Waals surface area contributed by atoms with E-state index in [-0.39, 0.29) is 18.4 Å². The molecule has 0 aliphatic carbocycles. The lowest BCUT2D eigenvalue weighted by Crippen LogP contribution is -2.67. The van der Waals surface area contributed by atoms with E-state index in [2.05, 4.69) is 16.0 Å². The fourth-order valence-corrected chi connectivity index (χ4v) is 5.22. The van der Waals surface area contributed by atoms with E-state index in [1.165, 1.54) is 18.9 Å². The number of likely N-dealkylation sites (tertiary alicyclic amines) is 1. The van der Waals surface area contributed by atoms with Gasteiger partial charge in [-0.1, -0.05) is 81.4 Å². The molecule has 1 saturated heterocycles. The van der Waals surface area contributed by atoms with Crippen LogP contribution in [0.5, 0.6) is 0 Å². The number of carbonyl (C=O) groups is 5. The van der Waals surface area contributed by atoms with Gasteiger partial charge in [-0.25, -0.2) is 9.59 Å². The van der Waals surface area contributed by atoms with Crippen LogP contribution >= 0.6 is 0 Å². The number of amides is 4. The van der Waals surface area contributed by atoms with Crippen LogP contribution in [0.4, 0.5) is 4.79 Å². The molecule has 0 unspecified atom stereocenters. The highest BCUT2D eigenvalue weighted by Crippen LogP contribution is 2.44. The molecule has 43 heavy (non-hydrogen) atoms. The molecule has 11 nitrogen and oxygen atoms in total. The van der Waals surface area contributed by atoms with Crippen LogP contribution in [0.1, 0.15) is 58.2 Å². The SMILES string of the molecule is CC[C@@H](C(=O)N[C@@H](C)C(=O)N[C@H](C(=O)OC)C(C)C)N1C(=O)[C@@H]([C@H](C)NC(=O)OCc2ccccc2)[C@@H]1c1ccccc1. The average Bonchev–Trinajstić information content (AvgIpc) is 2.99. The number of esters is 1. The van der Waals surface area contributed by atoms with E-state index in [9.17, 15) is 24.0 Å². The van der Waals surface area contributed by atoms with E-state index < -0.39 is 60.0 Å². The number of hydrogen-bond donors (Lipinski definition) is 3. The molecule has 3 N–H and O–H groups in total. The zero-order valence-corrected chi connectivity index (χ0v) is 25.5. The summed E-state index contributed by atoms with van der Waals surface area (Å²) in [5.41, 5.74) is 1.65. The third-order valence-corrected chi connectivity index (χ3v) is 7.61. The zero-order chi connectivity index (χ0) is 31.7. The van der Waals surface area contributed by atoms with Crippen molar-refractivity contribution in [3.63, 3.8) is 0 Å². The Kier molecular flexibility index (Phi) is 11.7. The van der Waals surface area contributed by atoms with Gasteiger partial charge in [-0.2, -0.15) is 0 Å². The van der Waals surface area contributed by atoms with Gasteiger partial charge >= 0.3 is 12.1 Å². The molecule has 1 fully saturated rings. The van der Waals surface area contributed by atoms with Crippen molar-refractivity contribution in [2.75, 3.05) is 7.11 Å². The normalized spacial score (nSPS) is 18.9. The second-order valence-corrected chi connectivity index (χ2v) is 11.0. The average molecular weight is 595 g/mol. The van der Waals surface area contributed by atoms with Gasteiger partial charge in [0.05, 0.1) is 19.1 Å². The quantitative estimate of drug-likeness (QED) is 0.239. The van der Waals surface area contributed by atoms with Gasteiger partial charge in [0.1, 0.15) is 24.7 Å². The maximum absolute atomic E-state index is 13.6. The molecule has 6 atom stereocenters. The smallest absolute Gasteiger partial charge is 0.407 e. The van der Waals surface area contributed by atoms with Crippen molar-refractivity contribution in [2.45, 2.75) is 77.9 Å². The van der Waals surface area contributed by atoms with Crippen LogP contribution in [-0.4, -0.2) is 66.0 Å². The zero-order valence-electron chi connectivity index (χ0n) is 25.5. The lowest BCUT2D eigenvalue weighted by Gasteiger charge is -2.52. The van der Waals surface area contributed by atoms with Crippen LogP contribution < -0.4 is 16.0 Å². The minimum absolute atomic E-state index is 0.0909. The topological polar surface area (TPSA) is 143 Å². The second kappa shape index (κ2) is 15.2. The Morgan fingerprint density at radius 2 is 1.47 bits per heavy atom. The van der Waals surface area contributed by atoms with Gasteiger partial charge in [-0.05, 0) is 37.3 Å². The van der Waals surface area contributed by atoms with Gasteiger partial charge < -0.3 is 30.3 Å². The van der Waals surface area contributed by atoms with Crippen LogP contribution in [0.3, 0.4) is 0 Å². The van der Waals surface area contributed by atoms with Crippen molar-refractivity contribution in [3.05, 3.63) is 71.8 Å². The summed E-state index contributed by atoms with van der Waals surface area (Å²) in [5.74, 6) is -2.79. The van der Waals surface area contributed by atoms with Crippen LogP contribution in [0, 0.1) is 11.8 Å². The molecule has 2 aromatic carbocycles. The Hall–Kier alpha value is -4.41. The first-order chi connectivity index (χ1) is 20.5. The number of rotatable bonds is 13. The summed E-state index contributed by atoms with van der Waals surface area (Å²) in [6.45, 7) is 8.66. The molecule has 3 rings (SSSR count). The largest absolute Gasteiger partial charge is 0.467 e. The molecular weight excluding hydrogens is 552 g/mol. The first-order valence-electron chi connectivity index (χ1n) is 14.5. The lowest BCUT2D eigenvalue weighted by atomic mass is 9.76. The number of β-lactam (4-membered cyclic amide) rings is 1. The Morgan fingerprint density at radius 3 is 2.02 bits per heavy atom. The van der Waals surface area contributed by atoms with E-state index >= 15 is 0 Å². The minimum Gasteiger partial charge on any atom is -0.467 e. The Morgan fingerprint density at radius 1 is 0.860 bits per heavy atom. The molecule has 0 radical (unpaired) electrons. The molecule has 0 aromatic heterocycles. The fourth-order valence-electron chi connectivity index (χ4n) is 5.22. The molecule has 232 valence electrons. The van der Waals surface area contributed by atoms with Gasteiger partial charge in [-0.3, -0.25) is 14.4 Å². The summed E-state index contributed by atoms with van der Waals surface area (Å²) in [5, 5.41) is 8.10. The van der Waals surface area contributed by atoms with Gasteiger partial charge in [0.25, 0.3) is 0 Å². The van der Waals surface area contributed by atoms with E-state index in [4.69, 9.17) is 9.47 Å². The summed E-state index contributed by atoms with van der Waals surface area (Å²) in [6.07, 6.45) is -0.356. The number of alkyl carbamates (subject to hydrolysis) is 1. The summed E-state index contributed by atoms with van der Waals surface area (Å²) in [6, 6.07) is 14.8. The summed E-state index contributed by atoms with van der Waals surface area (Å²) < 4.78 is 10.1. The predicted molar refractivity (Wildman–Crippen MR) is 159 cm³/mol. The van der Waals surface area contributed by atoms with E-state index in [0.717, 1.165) is 11.1 Å². The van der Waals surface area contributed by atoms with Gasteiger partial charge in [0, 0.05) is 6.04 Å². The molecule has 1 aliphatic rings. The monoisotopic (exact) mass is 594 g/mol. The first kappa shape index (κ1) is 33.1. The van der Waals surface area contributed by atoms with E-state index in [0.29, 0.717) is 6.42 Å². The highest BCUT2D eigenvalue weighted by molar-refractivity contribution is 5.96. The van der Waals surface area contributed by atoms with Crippen molar-refractivity contribution < 1.29 is 33.4 Å². The number of ether oxygens (including phenoxy) is 2. The van der Waals surface area contributed by atoms with Gasteiger partial charge in [-0.15, -0.1) is 0 Å². The van der Waals surface area contributed by atoms with Crippen LogP contribution in [0.15, 0.2) is 60.7 Å². The molecule has 11 heteroatoms. The first-order valence-corrected chi connectivity index (χ1v) is 14.5. The molecule has 4 amide bonds. The van der Waals surface area contributed by atoms with Gasteiger partial charge in [0.15, 0.2) is 0 Å². The number of nitrogens with one attached hydrogen (secondary N) is 3. The summed E-state index contributed by atoms with van der Waals surface area (Å²) >= 11 is 0. The van der Waals surface area contributed by atoms with Crippen LogP contribution in [0.2, 0.25) is 0 Å². The highest BCUT2D eigenvalue weighted by Gasteiger charge is 2.54. The second-order valence-electron chi connectivity index (χ2n) is 11.0. The van der Waals surface area contributed by atoms with E-state index in [1.807, 2.05) is 60.7 Å². The van der Waals surface area contributed by atoms with Gasteiger partial charge in [0.2, 0.25) is 17.7 Å². The minimum atomic E-state index is -0.977. The van der Waals surface area contributed by atoms with E-state index in [1.54, 1.807) is 27.7 Å². The summed E-state index contributed by atoms with van der Waals surface area (Å²) in [4.78, 5) is 66.1. The number of hydrogen-bond acceptors (Lipinski definition) is 7. The van der Waals surface area contributed by atoms with Crippen LogP contribution in [0.25, 0.3) is 0 Å². The third-order valence-electron chi connectivity index (χ3n) is 7.61. The predicted octanol–water partition coefficient (Wildman–Crippen LogP) is 3.10. The maximum Gasteiger partial charge on any atom is 0.407 e. The maximum atomic E-state index is 13.6.